The molecule has 0 aliphatic carbocycles. The summed E-state index contributed by atoms with van der Waals surface area (Å²) >= 11 is 1.40. The van der Waals surface area contributed by atoms with Crippen LogP contribution in [0, 0.1) is 0 Å². The van der Waals surface area contributed by atoms with Crippen molar-refractivity contribution in [2.75, 3.05) is 13.2 Å². The fourth-order valence-corrected chi connectivity index (χ4v) is 1.86. The maximum absolute atomic E-state index is 11.5. The molecule has 0 radical (unpaired) electrons. The Morgan fingerprint density at radius 3 is 2.83 bits per heavy atom. The second-order valence-corrected chi connectivity index (χ2v) is 4.92. The van der Waals surface area contributed by atoms with Crippen molar-refractivity contribution in [2.24, 2.45) is 0 Å². The molecule has 1 N–H and O–H groups in total. The lowest BCUT2D eigenvalue weighted by molar-refractivity contribution is -0.137. The van der Waals surface area contributed by atoms with Crippen LogP contribution in [0.15, 0.2) is 29.2 Å². The van der Waals surface area contributed by atoms with E-state index in [1.165, 1.54) is 17.4 Å². The zero-order valence-electron chi connectivity index (χ0n) is 10.6. The van der Waals surface area contributed by atoms with E-state index in [-0.39, 0.29) is 11.9 Å². The second kappa shape index (κ2) is 7.66. The van der Waals surface area contributed by atoms with Gasteiger partial charge in [-0.3, -0.25) is 4.79 Å². The van der Waals surface area contributed by atoms with Gasteiger partial charge in [0.1, 0.15) is 0 Å². The van der Waals surface area contributed by atoms with E-state index >= 15 is 0 Å². The lowest BCUT2D eigenvalue weighted by atomic mass is 10.3. The van der Waals surface area contributed by atoms with Crippen molar-refractivity contribution in [3.63, 3.8) is 0 Å². The van der Waals surface area contributed by atoms with Crippen LogP contribution in [0.2, 0.25) is 0 Å². The third-order valence-electron chi connectivity index (χ3n) is 2.00. The molecule has 0 spiro atoms. The largest absolute Gasteiger partial charge is 0.462 e. The minimum absolute atomic E-state index is 0.0828. The molecule has 1 rings (SSSR count). The van der Waals surface area contributed by atoms with Gasteiger partial charge in [-0.15, -0.1) is 11.3 Å². The second-order valence-electron chi connectivity index (χ2n) is 3.98. The Hall–Kier alpha value is -1.62. The average Bonchev–Trinajstić information content (AvgIpc) is 2.80. The predicted molar refractivity (Wildman–Crippen MR) is 71.7 cm³/mol. The average molecular weight is 267 g/mol. The van der Waals surface area contributed by atoms with Gasteiger partial charge in [0, 0.05) is 12.6 Å². The zero-order valence-corrected chi connectivity index (χ0v) is 11.4. The van der Waals surface area contributed by atoms with Crippen molar-refractivity contribution in [1.82, 2.24) is 5.32 Å². The van der Waals surface area contributed by atoms with Gasteiger partial charge in [0.05, 0.1) is 11.5 Å². The molecule has 1 aromatic heterocycles. The number of carbonyl (C=O) groups is 2. The molecule has 1 heterocycles. The Bertz CT molecular complexity index is 419. The molecule has 18 heavy (non-hydrogen) atoms. The minimum atomic E-state index is -0.334. The summed E-state index contributed by atoms with van der Waals surface area (Å²) < 4.78 is 4.96. The van der Waals surface area contributed by atoms with Crippen molar-refractivity contribution in [3.05, 3.63) is 34.0 Å². The number of allylic oxidation sites excluding steroid dienone is 1. The molecule has 0 aliphatic heterocycles. The van der Waals surface area contributed by atoms with Crippen molar-refractivity contribution < 1.29 is 14.3 Å². The summed E-state index contributed by atoms with van der Waals surface area (Å²) in [6.07, 6.45) is 2.06. The van der Waals surface area contributed by atoms with Crippen molar-refractivity contribution in [3.8, 4) is 0 Å². The lowest BCUT2D eigenvalue weighted by Crippen LogP contribution is -2.24. The van der Waals surface area contributed by atoms with Gasteiger partial charge in [0.15, 0.2) is 0 Å². The molecule has 5 heteroatoms. The normalized spacial score (nSPS) is 9.67. The van der Waals surface area contributed by atoms with Gasteiger partial charge in [0.25, 0.3) is 5.91 Å². The van der Waals surface area contributed by atoms with E-state index in [2.05, 4.69) is 5.32 Å². The number of rotatable bonds is 6. The highest BCUT2D eigenvalue weighted by atomic mass is 32.1. The summed E-state index contributed by atoms with van der Waals surface area (Å²) in [6, 6.07) is 3.61. The zero-order chi connectivity index (χ0) is 13.4. The summed E-state index contributed by atoms with van der Waals surface area (Å²) in [6.45, 7) is 4.48. The van der Waals surface area contributed by atoms with Gasteiger partial charge >= 0.3 is 5.97 Å². The molecule has 0 unspecified atom stereocenters. The Morgan fingerprint density at radius 2 is 2.22 bits per heavy atom. The number of carbonyl (C=O) groups excluding carboxylic acids is 2. The molecule has 0 saturated heterocycles. The Morgan fingerprint density at radius 1 is 1.44 bits per heavy atom. The number of ether oxygens (including phenoxy) is 1. The summed E-state index contributed by atoms with van der Waals surface area (Å²) in [4.78, 5) is 23.4. The SMILES string of the molecule is CC(C)=CC(=O)OCCCNC(=O)c1cccs1. The highest BCUT2D eigenvalue weighted by Gasteiger charge is 2.04. The van der Waals surface area contributed by atoms with Crippen LogP contribution in [0.4, 0.5) is 0 Å². The predicted octanol–water partition coefficient (Wildman–Crippen LogP) is 2.38. The Kier molecular flexibility index (Phi) is 6.14. The number of thiophene rings is 1. The Labute approximate surface area is 111 Å². The van der Waals surface area contributed by atoms with E-state index in [0.29, 0.717) is 24.4 Å². The molecular weight excluding hydrogens is 250 g/mol. The van der Waals surface area contributed by atoms with E-state index in [4.69, 9.17) is 4.74 Å². The first kappa shape index (κ1) is 14.4. The smallest absolute Gasteiger partial charge is 0.330 e. The maximum Gasteiger partial charge on any atom is 0.330 e. The number of esters is 1. The first-order chi connectivity index (χ1) is 8.59. The summed E-state index contributed by atoms with van der Waals surface area (Å²) in [5, 5.41) is 4.62. The molecule has 4 nitrogen and oxygen atoms in total. The highest BCUT2D eigenvalue weighted by molar-refractivity contribution is 7.12. The maximum atomic E-state index is 11.5. The third-order valence-corrected chi connectivity index (χ3v) is 2.87. The van der Waals surface area contributed by atoms with Gasteiger partial charge in [-0.1, -0.05) is 11.6 Å². The van der Waals surface area contributed by atoms with E-state index in [0.717, 1.165) is 5.57 Å². The van der Waals surface area contributed by atoms with Crippen LogP contribution in [0.25, 0.3) is 0 Å². The standard InChI is InChI=1S/C13H17NO3S/c1-10(2)9-12(15)17-7-4-6-14-13(16)11-5-3-8-18-11/h3,5,8-9H,4,6-7H2,1-2H3,(H,14,16). The molecule has 98 valence electrons. The molecule has 0 saturated carbocycles. The molecule has 0 aromatic carbocycles. The van der Waals surface area contributed by atoms with Gasteiger partial charge < -0.3 is 10.1 Å². The molecule has 0 atom stereocenters. The van der Waals surface area contributed by atoms with Gasteiger partial charge in [-0.05, 0) is 31.7 Å². The highest BCUT2D eigenvalue weighted by Crippen LogP contribution is 2.07. The molecular formula is C13H17NO3S. The van der Waals surface area contributed by atoms with E-state index < -0.39 is 0 Å². The monoisotopic (exact) mass is 267 g/mol. The van der Waals surface area contributed by atoms with Crippen LogP contribution in [-0.4, -0.2) is 25.0 Å². The molecule has 1 aromatic rings. The first-order valence-corrected chi connectivity index (χ1v) is 6.61. The number of hydrogen-bond donors (Lipinski definition) is 1. The number of amides is 1. The third kappa shape index (κ3) is 5.63. The van der Waals surface area contributed by atoms with Gasteiger partial charge in [0.2, 0.25) is 0 Å². The van der Waals surface area contributed by atoms with Crippen LogP contribution < -0.4 is 5.32 Å². The van der Waals surface area contributed by atoms with E-state index in [9.17, 15) is 9.59 Å². The van der Waals surface area contributed by atoms with Crippen molar-refractivity contribution >= 4 is 23.2 Å². The topological polar surface area (TPSA) is 55.4 Å². The summed E-state index contributed by atoms with van der Waals surface area (Å²) in [7, 11) is 0. The number of hydrogen-bond acceptors (Lipinski definition) is 4. The lowest BCUT2D eigenvalue weighted by Gasteiger charge is -2.04. The minimum Gasteiger partial charge on any atom is -0.462 e. The molecule has 0 aliphatic rings. The van der Waals surface area contributed by atoms with Crippen LogP contribution in [0.3, 0.4) is 0 Å². The van der Waals surface area contributed by atoms with Crippen LogP contribution >= 0.6 is 11.3 Å². The van der Waals surface area contributed by atoms with E-state index in [1.807, 2.05) is 25.3 Å². The number of nitrogens with one attached hydrogen (secondary N) is 1. The van der Waals surface area contributed by atoms with E-state index in [1.54, 1.807) is 6.07 Å². The van der Waals surface area contributed by atoms with Gasteiger partial charge in [-0.2, -0.15) is 0 Å². The van der Waals surface area contributed by atoms with Crippen molar-refractivity contribution in [2.45, 2.75) is 20.3 Å². The fraction of sp³-hybridized carbons (Fsp3) is 0.385. The quantitative estimate of drug-likeness (QED) is 0.489. The first-order valence-electron chi connectivity index (χ1n) is 5.73. The van der Waals surface area contributed by atoms with Gasteiger partial charge in [-0.25, -0.2) is 4.79 Å². The molecule has 0 fully saturated rings. The molecule has 1 amide bonds. The summed E-state index contributed by atoms with van der Waals surface area (Å²) in [5.41, 5.74) is 0.908. The van der Waals surface area contributed by atoms with Crippen LogP contribution in [0.1, 0.15) is 29.9 Å². The Balaban J connectivity index is 2.11. The van der Waals surface area contributed by atoms with Crippen molar-refractivity contribution in [1.29, 1.82) is 0 Å². The summed E-state index contributed by atoms with van der Waals surface area (Å²) in [5.74, 6) is -0.416. The fourth-order valence-electron chi connectivity index (χ4n) is 1.22. The van der Waals surface area contributed by atoms with Crippen LogP contribution in [-0.2, 0) is 9.53 Å². The molecule has 0 bridgehead atoms. The van der Waals surface area contributed by atoms with Crippen LogP contribution in [0.5, 0.6) is 0 Å².